The maximum Gasteiger partial charge on any atom is 0.305 e. The van der Waals surface area contributed by atoms with Gasteiger partial charge in [-0.3, -0.25) is 14.4 Å². The molecule has 2 aromatic rings. The van der Waals surface area contributed by atoms with Crippen LogP contribution in [-0.4, -0.2) is 29.4 Å². The number of rotatable bonds is 8. The van der Waals surface area contributed by atoms with Crippen molar-refractivity contribution in [1.29, 1.82) is 0 Å². The van der Waals surface area contributed by atoms with Gasteiger partial charge in [0, 0.05) is 24.2 Å². The van der Waals surface area contributed by atoms with Gasteiger partial charge in [0.2, 0.25) is 5.91 Å². The summed E-state index contributed by atoms with van der Waals surface area (Å²) < 4.78 is 0. The first-order valence-electron chi connectivity index (χ1n) is 8.40. The average Bonchev–Trinajstić information content (AvgIpc) is 2.61. The molecule has 0 aliphatic rings. The molecule has 2 amide bonds. The van der Waals surface area contributed by atoms with Crippen LogP contribution in [0.4, 0.5) is 5.69 Å². The summed E-state index contributed by atoms with van der Waals surface area (Å²) >= 11 is 0. The molecule has 0 aliphatic carbocycles. The first kappa shape index (κ1) is 19.2. The van der Waals surface area contributed by atoms with Crippen LogP contribution in [0.25, 0.3) is 0 Å². The van der Waals surface area contributed by atoms with Gasteiger partial charge < -0.3 is 15.7 Å². The summed E-state index contributed by atoms with van der Waals surface area (Å²) in [5, 5.41) is 13.9. The maximum atomic E-state index is 12.1. The monoisotopic (exact) mass is 354 g/mol. The molecular weight excluding hydrogens is 332 g/mol. The number of nitrogens with one attached hydrogen (secondary N) is 2. The fourth-order valence-electron chi connectivity index (χ4n) is 2.45. The van der Waals surface area contributed by atoms with Gasteiger partial charge >= 0.3 is 5.97 Å². The quantitative estimate of drug-likeness (QED) is 0.679. The molecule has 0 spiro atoms. The minimum atomic E-state index is -0.964. The van der Waals surface area contributed by atoms with E-state index in [0.29, 0.717) is 24.1 Å². The van der Waals surface area contributed by atoms with E-state index >= 15 is 0 Å². The van der Waals surface area contributed by atoms with E-state index in [-0.39, 0.29) is 24.8 Å². The highest BCUT2D eigenvalue weighted by atomic mass is 16.4. The normalized spacial score (nSPS) is 10.2. The Hall–Kier alpha value is -3.15. The van der Waals surface area contributed by atoms with Crippen LogP contribution >= 0.6 is 0 Å². The predicted molar refractivity (Wildman–Crippen MR) is 99.2 cm³/mol. The van der Waals surface area contributed by atoms with Crippen molar-refractivity contribution in [2.45, 2.75) is 26.2 Å². The second-order valence-electron chi connectivity index (χ2n) is 5.95. The largest absolute Gasteiger partial charge is 0.481 e. The molecule has 0 unspecified atom stereocenters. The number of hydrogen-bond donors (Lipinski definition) is 3. The molecule has 0 radical (unpaired) electrons. The minimum absolute atomic E-state index is 0.0750. The van der Waals surface area contributed by atoms with E-state index < -0.39 is 5.97 Å². The lowest BCUT2D eigenvalue weighted by molar-refractivity contribution is -0.136. The molecule has 26 heavy (non-hydrogen) atoms. The van der Waals surface area contributed by atoms with Gasteiger partial charge in [0.05, 0.1) is 6.42 Å². The molecule has 0 heterocycles. The van der Waals surface area contributed by atoms with Crippen molar-refractivity contribution >= 4 is 23.5 Å². The topological polar surface area (TPSA) is 95.5 Å². The summed E-state index contributed by atoms with van der Waals surface area (Å²) in [7, 11) is 0. The van der Waals surface area contributed by atoms with E-state index in [4.69, 9.17) is 5.11 Å². The second-order valence-corrected chi connectivity index (χ2v) is 5.95. The molecule has 0 fully saturated rings. The summed E-state index contributed by atoms with van der Waals surface area (Å²) in [5.41, 5.74) is 3.34. The van der Waals surface area contributed by atoms with Crippen molar-refractivity contribution in [2.75, 3.05) is 11.9 Å². The third-order valence-electron chi connectivity index (χ3n) is 3.94. The molecule has 0 saturated heterocycles. The van der Waals surface area contributed by atoms with Crippen LogP contribution in [0.3, 0.4) is 0 Å². The van der Waals surface area contributed by atoms with Crippen LogP contribution in [0.15, 0.2) is 48.5 Å². The molecule has 6 heteroatoms. The first-order chi connectivity index (χ1) is 12.5. The van der Waals surface area contributed by atoms with Crippen LogP contribution in [0.5, 0.6) is 0 Å². The van der Waals surface area contributed by atoms with E-state index in [2.05, 4.69) is 10.6 Å². The number of carboxylic acids is 1. The Morgan fingerprint density at radius 3 is 2.31 bits per heavy atom. The SMILES string of the molecule is Cc1ccccc1CCC(=O)Nc1ccc(C(=O)NCCC(=O)O)cc1. The molecule has 2 aromatic carbocycles. The van der Waals surface area contributed by atoms with Gasteiger partial charge in [-0.2, -0.15) is 0 Å². The predicted octanol–water partition coefficient (Wildman–Crippen LogP) is 2.77. The minimum Gasteiger partial charge on any atom is -0.481 e. The number of carbonyl (C=O) groups is 3. The van der Waals surface area contributed by atoms with Crippen molar-refractivity contribution in [3.8, 4) is 0 Å². The lowest BCUT2D eigenvalue weighted by atomic mass is 10.0. The zero-order chi connectivity index (χ0) is 18.9. The number of carbonyl (C=O) groups excluding carboxylic acids is 2. The zero-order valence-corrected chi connectivity index (χ0v) is 14.6. The van der Waals surface area contributed by atoms with E-state index in [1.807, 2.05) is 31.2 Å². The van der Waals surface area contributed by atoms with E-state index in [0.717, 1.165) is 5.56 Å². The maximum absolute atomic E-state index is 12.1. The van der Waals surface area contributed by atoms with Crippen LogP contribution in [0, 0.1) is 6.92 Å². The summed E-state index contributed by atoms with van der Waals surface area (Å²) in [6.45, 7) is 2.10. The number of benzene rings is 2. The molecular formula is C20H22N2O4. The van der Waals surface area contributed by atoms with Crippen molar-refractivity contribution in [2.24, 2.45) is 0 Å². The van der Waals surface area contributed by atoms with E-state index in [1.54, 1.807) is 24.3 Å². The number of amides is 2. The third kappa shape index (κ3) is 6.05. The highest BCUT2D eigenvalue weighted by molar-refractivity contribution is 5.96. The van der Waals surface area contributed by atoms with Gasteiger partial charge in [0.25, 0.3) is 5.91 Å². The molecule has 0 aromatic heterocycles. The van der Waals surface area contributed by atoms with E-state index in [9.17, 15) is 14.4 Å². The number of carboxylic acid groups (broad SMARTS) is 1. The molecule has 0 atom stereocenters. The zero-order valence-electron chi connectivity index (χ0n) is 14.6. The van der Waals surface area contributed by atoms with Crippen molar-refractivity contribution in [3.63, 3.8) is 0 Å². The molecule has 0 bridgehead atoms. The van der Waals surface area contributed by atoms with Crippen LogP contribution in [0.1, 0.15) is 34.3 Å². The average molecular weight is 354 g/mol. The van der Waals surface area contributed by atoms with Crippen LogP contribution in [0.2, 0.25) is 0 Å². The highest BCUT2D eigenvalue weighted by Gasteiger charge is 2.08. The van der Waals surface area contributed by atoms with Crippen LogP contribution in [-0.2, 0) is 16.0 Å². The lowest BCUT2D eigenvalue weighted by Gasteiger charge is -2.08. The van der Waals surface area contributed by atoms with Crippen molar-refractivity contribution < 1.29 is 19.5 Å². The summed E-state index contributed by atoms with van der Waals surface area (Å²) in [6.07, 6.45) is 0.922. The fourth-order valence-corrected chi connectivity index (χ4v) is 2.45. The first-order valence-corrected chi connectivity index (χ1v) is 8.40. The molecule has 2 rings (SSSR count). The number of anilines is 1. The molecule has 0 aliphatic heterocycles. The smallest absolute Gasteiger partial charge is 0.305 e. The van der Waals surface area contributed by atoms with Gasteiger partial charge in [-0.25, -0.2) is 0 Å². The van der Waals surface area contributed by atoms with Gasteiger partial charge in [-0.15, -0.1) is 0 Å². The Balaban J connectivity index is 1.82. The Labute approximate surface area is 152 Å². The second kappa shape index (κ2) is 9.36. The van der Waals surface area contributed by atoms with Gasteiger partial charge in [-0.1, -0.05) is 24.3 Å². The van der Waals surface area contributed by atoms with Crippen LogP contribution < -0.4 is 10.6 Å². The highest BCUT2D eigenvalue weighted by Crippen LogP contribution is 2.12. The standard InChI is InChI=1S/C20H22N2O4/c1-14-4-2-3-5-15(14)8-11-18(23)22-17-9-6-16(7-10-17)20(26)21-13-12-19(24)25/h2-7,9-10H,8,11-13H2,1H3,(H,21,26)(H,22,23)(H,24,25). The van der Waals surface area contributed by atoms with E-state index in [1.165, 1.54) is 5.56 Å². The molecule has 136 valence electrons. The summed E-state index contributed by atoms with van der Waals surface area (Å²) in [4.78, 5) is 34.4. The Morgan fingerprint density at radius 2 is 1.65 bits per heavy atom. The lowest BCUT2D eigenvalue weighted by Crippen LogP contribution is -2.25. The third-order valence-corrected chi connectivity index (χ3v) is 3.94. The number of aliphatic carboxylic acids is 1. The number of aryl methyl sites for hydroxylation is 2. The molecule has 6 nitrogen and oxygen atoms in total. The van der Waals surface area contributed by atoms with Crippen molar-refractivity contribution in [1.82, 2.24) is 5.32 Å². The van der Waals surface area contributed by atoms with Gasteiger partial charge in [0.15, 0.2) is 0 Å². The molecule has 3 N–H and O–H groups in total. The van der Waals surface area contributed by atoms with Gasteiger partial charge in [0.1, 0.15) is 0 Å². The van der Waals surface area contributed by atoms with Crippen molar-refractivity contribution in [3.05, 3.63) is 65.2 Å². The van der Waals surface area contributed by atoms with Gasteiger partial charge in [-0.05, 0) is 48.7 Å². The molecule has 0 saturated carbocycles. The fraction of sp³-hybridized carbons (Fsp3) is 0.250. The summed E-state index contributed by atoms with van der Waals surface area (Å²) in [5.74, 6) is -1.40. The number of hydrogen-bond acceptors (Lipinski definition) is 3. The Morgan fingerprint density at radius 1 is 0.962 bits per heavy atom. The Kier molecular flexibility index (Phi) is 6.91. The summed E-state index contributed by atoms with van der Waals surface area (Å²) in [6, 6.07) is 14.4. The Bertz CT molecular complexity index is 785.